The summed E-state index contributed by atoms with van der Waals surface area (Å²) in [6, 6.07) is 12.0. The van der Waals surface area contributed by atoms with Gasteiger partial charge in [0.25, 0.3) is 5.91 Å². The van der Waals surface area contributed by atoms with Gasteiger partial charge in [0.05, 0.1) is 23.1 Å². The Kier molecular flexibility index (Phi) is 6.24. The molecule has 3 rings (SSSR count). The topological polar surface area (TPSA) is 58.6 Å². The van der Waals surface area contributed by atoms with E-state index in [1.165, 1.54) is 0 Å². The lowest BCUT2D eigenvalue weighted by Crippen LogP contribution is -2.43. The Morgan fingerprint density at radius 1 is 1.15 bits per heavy atom. The van der Waals surface area contributed by atoms with Gasteiger partial charge in [-0.1, -0.05) is 29.3 Å². The number of halogens is 2. The summed E-state index contributed by atoms with van der Waals surface area (Å²) < 4.78 is 5.17. The Labute approximate surface area is 168 Å². The molecule has 1 unspecified atom stereocenters. The molecule has 0 saturated carbocycles. The second kappa shape index (κ2) is 8.63. The molecule has 2 aromatic rings. The Bertz CT molecular complexity index is 857. The molecule has 1 heterocycles. The van der Waals surface area contributed by atoms with Crippen molar-refractivity contribution in [1.29, 1.82) is 0 Å². The van der Waals surface area contributed by atoms with Crippen LogP contribution < -0.4 is 10.1 Å². The first-order valence-corrected chi connectivity index (χ1v) is 9.43. The fraction of sp³-hybridized carbons (Fsp3) is 0.300. The fourth-order valence-electron chi connectivity index (χ4n) is 3.13. The second-order valence-corrected chi connectivity index (χ2v) is 7.25. The Balaban J connectivity index is 1.66. The summed E-state index contributed by atoms with van der Waals surface area (Å²) in [7, 11) is 1.58. The number of carbonyl (C=O) groups is 2. The first-order chi connectivity index (χ1) is 13.0. The highest BCUT2D eigenvalue weighted by Gasteiger charge is 2.29. The highest BCUT2D eigenvalue weighted by Crippen LogP contribution is 2.26. The van der Waals surface area contributed by atoms with E-state index in [0.29, 0.717) is 40.1 Å². The molecule has 27 heavy (non-hydrogen) atoms. The number of benzene rings is 2. The van der Waals surface area contributed by atoms with Crippen molar-refractivity contribution in [2.75, 3.05) is 25.5 Å². The number of carbonyl (C=O) groups excluding carboxylic acids is 2. The molecule has 1 aliphatic heterocycles. The number of hydrogen-bond acceptors (Lipinski definition) is 3. The zero-order chi connectivity index (χ0) is 19.4. The summed E-state index contributed by atoms with van der Waals surface area (Å²) in [5, 5.41) is 3.65. The number of ether oxygens (including phenoxy) is 1. The third kappa shape index (κ3) is 4.73. The molecule has 1 fully saturated rings. The van der Waals surface area contributed by atoms with Crippen molar-refractivity contribution in [3.8, 4) is 5.75 Å². The van der Waals surface area contributed by atoms with Gasteiger partial charge in [-0.3, -0.25) is 9.59 Å². The first kappa shape index (κ1) is 19.5. The number of piperidine rings is 1. The number of amides is 2. The summed E-state index contributed by atoms with van der Waals surface area (Å²) in [6.45, 7) is 0.983. The SMILES string of the molecule is COc1cccc(NC(=O)C2CCCN(C(=O)c3ccc(Cl)c(Cl)c3)C2)c1. The van der Waals surface area contributed by atoms with Crippen LogP contribution in [-0.2, 0) is 4.79 Å². The van der Waals surface area contributed by atoms with E-state index in [1.54, 1.807) is 36.3 Å². The lowest BCUT2D eigenvalue weighted by Gasteiger charge is -2.32. The van der Waals surface area contributed by atoms with Crippen molar-refractivity contribution in [2.24, 2.45) is 5.92 Å². The van der Waals surface area contributed by atoms with Crippen LogP contribution in [0.15, 0.2) is 42.5 Å². The molecule has 142 valence electrons. The minimum atomic E-state index is -0.267. The minimum absolute atomic E-state index is 0.102. The maximum Gasteiger partial charge on any atom is 0.253 e. The summed E-state index contributed by atoms with van der Waals surface area (Å²) in [6.07, 6.45) is 1.50. The van der Waals surface area contributed by atoms with E-state index in [-0.39, 0.29) is 17.7 Å². The lowest BCUT2D eigenvalue weighted by atomic mass is 9.96. The smallest absolute Gasteiger partial charge is 0.253 e. The van der Waals surface area contributed by atoms with Crippen LogP contribution in [0.2, 0.25) is 10.0 Å². The van der Waals surface area contributed by atoms with Crippen LogP contribution in [0.4, 0.5) is 5.69 Å². The van der Waals surface area contributed by atoms with Gasteiger partial charge in [-0.15, -0.1) is 0 Å². The Morgan fingerprint density at radius 2 is 1.96 bits per heavy atom. The highest BCUT2D eigenvalue weighted by atomic mass is 35.5. The van der Waals surface area contributed by atoms with E-state index in [9.17, 15) is 9.59 Å². The molecule has 1 aliphatic rings. The molecule has 1 atom stereocenters. The number of nitrogens with one attached hydrogen (secondary N) is 1. The van der Waals surface area contributed by atoms with Gasteiger partial charge in [-0.2, -0.15) is 0 Å². The fourth-order valence-corrected chi connectivity index (χ4v) is 3.43. The maximum absolute atomic E-state index is 12.7. The largest absolute Gasteiger partial charge is 0.497 e. The lowest BCUT2D eigenvalue weighted by molar-refractivity contribution is -0.121. The van der Waals surface area contributed by atoms with E-state index < -0.39 is 0 Å². The third-order valence-corrected chi connectivity index (χ3v) is 5.32. The average Bonchev–Trinajstić information content (AvgIpc) is 2.69. The van der Waals surface area contributed by atoms with Crippen LogP contribution in [0.3, 0.4) is 0 Å². The maximum atomic E-state index is 12.7. The van der Waals surface area contributed by atoms with E-state index in [1.807, 2.05) is 18.2 Å². The molecule has 2 aromatic carbocycles. The van der Waals surface area contributed by atoms with Crippen molar-refractivity contribution in [1.82, 2.24) is 4.90 Å². The molecule has 0 spiro atoms. The summed E-state index contributed by atoms with van der Waals surface area (Å²) in [5.41, 5.74) is 1.14. The van der Waals surface area contributed by atoms with Gasteiger partial charge >= 0.3 is 0 Å². The van der Waals surface area contributed by atoms with E-state index in [4.69, 9.17) is 27.9 Å². The summed E-state index contributed by atoms with van der Waals surface area (Å²) >= 11 is 11.9. The predicted molar refractivity (Wildman–Crippen MR) is 107 cm³/mol. The van der Waals surface area contributed by atoms with Gasteiger partial charge in [0.2, 0.25) is 5.91 Å². The molecule has 5 nitrogen and oxygen atoms in total. The summed E-state index contributed by atoms with van der Waals surface area (Å²) in [4.78, 5) is 27.1. The monoisotopic (exact) mass is 406 g/mol. The predicted octanol–water partition coefficient (Wildman–Crippen LogP) is 4.49. The van der Waals surface area contributed by atoms with E-state index in [2.05, 4.69) is 5.32 Å². The number of rotatable bonds is 4. The Hall–Kier alpha value is -2.24. The van der Waals surface area contributed by atoms with E-state index >= 15 is 0 Å². The molecule has 0 aromatic heterocycles. The molecule has 1 N–H and O–H groups in total. The van der Waals surface area contributed by atoms with Crippen LogP contribution in [0.1, 0.15) is 23.2 Å². The number of likely N-dealkylation sites (tertiary alicyclic amines) is 1. The van der Waals surface area contributed by atoms with Gasteiger partial charge in [0.15, 0.2) is 0 Å². The number of anilines is 1. The highest BCUT2D eigenvalue weighted by molar-refractivity contribution is 6.42. The van der Waals surface area contributed by atoms with Gasteiger partial charge < -0.3 is 15.0 Å². The molecule has 7 heteroatoms. The van der Waals surface area contributed by atoms with Gasteiger partial charge in [0.1, 0.15) is 5.75 Å². The number of nitrogens with zero attached hydrogens (tertiary/aromatic N) is 1. The van der Waals surface area contributed by atoms with Crippen molar-refractivity contribution in [2.45, 2.75) is 12.8 Å². The molecule has 1 saturated heterocycles. The molecular weight excluding hydrogens is 387 g/mol. The standard InChI is InChI=1S/C20H20Cl2N2O3/c1-27-16-6-2-5-15(11-16)23-19(25)14-4-3-9-24(12-14)20(26)13-7-8-17(21)18(22)10-13/h2,5-8,10-11,14H,3-4,9,12H2,1H3,(H,23,25). The third-order valence-electron chi connectivity index (χ3n) is 4.58. The van der Waals surface area contributed by atoms with Crippen LogP contribution in [0, 0.1) is 5.92 Å². The van der Waals surface area contributed by atoms with Crippen molar-refractivity contribution < 1.29 is 14.3 Å². The number of methoxy groups -OCH3 is 1. The van der Waals surface area contributed by atoms with Crippen molar-refractivity contribution in [3.63, 3.8) is 0 Å². The molecule has 0 bridgehead atoms. The first-order valence-electron chi connectivity index (χ1n) is 8.67. The van der Waals surface area contributed by atoms with Crippen LogP contribution in [0.5, 0.6) is 5.75 Å². The summed E-state index contributed by atoms with van der Waals surface area (Å²) in [5.74, 6) is 0.159. The normalized spacial score (nSPS) is 16.7. The van der Waals surface area contributed by atoms with Crippen LogP contribution in [-0.4, -0.2) is 36.9 Å². The minimum Gasteiger partial charge on any atom is -0.497 e. The quantitative estimate of drug-likeness (QED) is 0.813. The van der Waals surface area contributed by atoms with E-state index in [0.717, 1.165) is 12.8 Å². The van der Waals surface area contributed by atoms with Crippen LogP contribution in [0.25, 0.3) is 0 Å². The Morgan fingerprint density at radius 3 is 2.70 bits per heavy atom. The number of hydrogen-bond donors (Lipinski definition) is 1. The second-order valence-electron chi connectivity index (χ2n) is 6.44. The molecule has 2 amide bonds. The average molecular weight is 407 g/mol. The molecule has 0 aliphatic carbocycles. The van der Waals surface area contributed by atoms with Gasteiger partial charge in [-0.25, -0.2) is 0 Å². The zero-order valence-electron chi connectivity index (χ0n) is 14.9. The van der Waals surface area contributed by atoms with Crippen molar-refractivity contribution in [3.05, 3.63) is 58.1 Å². The van der Waals surface area contributed by atoms with Gasteiger partial charge in [-0.05, 0) is 43.2 Å². The van der Waals surface area contributed by atoms with Crippen molar-refractivity contribution >= 4 is 40.7 Å². The van der Waals surface area contributed by atoms with Crippen LogP contribution >= 0.6 is 23.2 Å². The van der Waals surface area contributed by atoms with Gasteiger partial charge in [0, 0.05) is 30.4 Å². The molecular formula is C20H20Cl2N2O3. The molecule has 0 radical (unpaired) electrons. The zero-order valence-corrected chi connectivity index (χ0v) is 16.4.